The zero-order valence-electron chi connectivity index (χ0n) is 25.3. The number of halogens is 1. The smallest absolute Gasteiger partial charge is 0.257 e. The van der Waals surface area contributed by atoms with Crippen LogP contribution in [0.5, 0.6) is 0 Å². The van der Waals surface area contributed by atoms with Gasteiger partial charge in [0.25, 0.3) is 5.91 Å². The lowest BCUT2D eigenvalue weighted by Gasteiger charge is -2.36. The monoisotopic (exact) mass is 594 g/mol. The Labute approximate surface area is 253 Å². The predicted molar refractivity (Wildman–Crippen MR) is 164 cm³/mol. The van der Waals surface area contributed by atoms with Crippen molar-refractivity contribution in [2.24, 2.45) is 0 Å². The fraction of sp³-hybridized carbons (Fsp3) is 0.500. The number of hydrogen-bond acceptors (Lipinski definition) is 6. The fourth-order valence-corrected chi connectivity index (χ4v) is 5.57. The Morgan fingerprint density at radius 1 is 0.884 bits per heavy atom. The SMILES string of the molecule is CNC(=O)CCN(C=O)c1ccc(F)c(C(=O)N2CCN(c3ccc(CN(C)CCC(=O)N4CCCCC4)cc3)CC2)c1. The van der Waals surface area contributed by atoms with Gasteiger partial charge in [-0.05, 0) is 62.2 Å². The number of carbonyl (C=O) groups is 4. The average molecular weight is 595 g/mol. The summed E-state index contributed by atoms with van der Waals surface area (Å²) in [6.07, 6.45) is 4.64. The van der Waals surface area contributed by atoms with Crippen molar-refractivity contribution in [2.45, 2.75) is 38.6 Å². The number of nitrogens with one attached hydrogen (secondary N) is 1. The summed E-state index contributed by atoms with van der Waals surface area (Å²) in [5, 5.41) is 2.50. The molecule has 0 spiro atoms. The molecule has 2 fully saturated rings. The highest BCUT2D eigenvalue weighted by molar-refractivity contribution is 5.96. The van der Waals surface area contributed by atoms with Crippen LogP contribution in [0, 0.1) is 5.82 Å². The summed E-state index contributed by atoms with van der Waals surface area (Å²) in [7, 11) is 3.55. The van der Waals surface area contributed by atoms with Crippen LogP contribution in [0.15, 0.2) is 42.5 Å². The molecule has 2 aliphatic rings. The first-order valence-electron chi connectivity index (χ1n) is 15.1. The van der Waals surface area contributed by atoms with E-state index in [1.807, 2.05) is 11.9 Å². The molecule has 10 nitrogen and oxygen atoms in total. The van der Waals surface area contributed by atoms with E-state index in [1.165, 1.54) is 42.1 Å². The Hall–Kier alpha value is -3.99. The van der Waals surface area contributed by atoms with E-state index in [0.717, 1.165) is 44.7 Å². The van der Waals surface area contributed by atoms with Gasteiger partial charge in [0.1, 0.15) is 5.82 Å². The van der Waals surface area contributed by atoms with Crippen LogP contribution >= 0.6 is 0 Å². The molecular weight excluding hydrogens is 551 g/mol. The molecule has 2 aromatic carbocycles. The number of amides is 4. The number of rotatable bonds is 12. The summed E-state index contributed by atoms with van der Waals surface area (Å²) in [5.41, 5.74) is 2.50. The van der Waals surface area contributed by atoms with Crippen LogP contribution in [0.25, 0.3) is 0 Å². The van der Waals surface area contributed by atoms with Gasteiger partial charge < -0.3 is 29.8 Å². The number of piperidine rings is 1. The van der Waals surface area contributed by atoms with Gasteiger partial charge >= 0.3 is 0 Å². The minimum Gasteiger partial charge on any atom is -0.368 e. The zero-order valence-corrected chi connectivity index (χ0v) is 25.3. The molecule has 0 aliphatic carbocycles. The Balaban J connectivity index is 1.27. The third-order valence-electron chi connectivity index (χ3n) is 8.23. The molecule has 43 heavy (non-hydrogen) atoms. The first kappa shape index (κ1) is 31.9. The Kier molecular flexibility index (Phi) is 11.5. The summed E-state index contributed by atoms with van der Waals surface area (Å²) in [6, 6.07) is 12.3. The quantitative estimate of drug-likeness (QED) is 0.380. The van der Waals surface area contributed by atoms with Crippen LogP contribution < -0.4 is 15.1 Å². The molecule has 4 rings (SSSR count). The Bertz CT molecular complexity index is 1260. The number of piperazine rings is 1. The maximum absolute atomic E-state index is 14.7. The van der Waals surface area contributed by atoms with Gasteiger partial charge in [-0.25, -0.2) is 4.39 Å². The van der Waals surface area contributed by atoms with Crippen LogP contribution in [0.4, 0.5) is 15.8 Å². The van der Waals surface area contributed by atoms with Crippen LogP contribution in [-0.2, 0) is 20.9 Å². The molecule has 0 radical (unpaired) electrons. The first-order chi connectivity index (χ1) is 20.8. The minimum atomic E-state index is -0.648. The lowest BCUT2D eigenvalue weighted by Crippen LogP contribution is -2.49. The lowest BCUT2D eigenvalue weighted by atomic mass is 10.1. The molecule has 0 atom stereocenters. The zero-order chi connectivity index (χ0) is 30.8. The van der Waals surface area contributed by atoms with Crippen molar-refractivity contribution in [1.82, 2.24) is 20.0 Å². The predicted octanol–water partition coefficient (Wildman–Crippen LogP) is 2.72. The molecule has 2 saturated heterocycles. The summed E-state index contributed by atoms with van der Waals surface area (Å²) >= 11 is 0. The maximum atomic E-state index is 14.7. The van der Waals surface area contributed by atoms with Crippen molar-refractivity contribution in [3.8, 4) is 0 Å². The molecular formula is C32H43FN6O4. The number of carbonyl (C=O) groups excluding carboxylic acids is 4. The number of nitrogens with zero attached hydrogens (tertiary/aromatic N) is 5. The number of hydrogen-bond donors (Lipinski definition) is 1. The molecule has 232 valence electrons. The average Bonchev–Trinajstić information content (AvgIpc) is 3.05. The van der Waals surface area contributed by atoms with E-state index in [4.69, 9.17) is 0 Å². The summed E-state index contributed by atoms with van der Waals surface area (Å²) in [6.45, 7) is 5.46. The van der Waals surface area contributed by atoms with Crippen molar-refractivity contribution in [1.29, 1.82) is 0 Å². The van der Waals surface area contributed by atoms with Gasteiger partial charge in [0.05, 0.1) is 5.56 Å². The van der Waals surface area contributed by atoms with Crippen LogP contribution in [-0.4, -0.2) is 105 Å². The van der Waals surface area contributed by atoms with Gasteiger partial charge in [0.2, 0.25) is 18.2 Å². The van der Waals surface area contributed by atoms with Gasteiger partial charge in [-0.1, -0.05) is 12.1 Å². The molecule has 1 N–H and O–H groups in total. The lowest BCUT2D eigenvalue weighted by molar-refractivity contribution is -0.132. The first-order valence-corrected chi connectivity index (χ1v) is 15.1. The maximum Gasteiger partial charge on any atom is 0.257 e. The van der Waals surface area contributed by atoms with Gasteiger partial charge in [0, 0.05) is 90.2 Å². The molecule has 0 saturated carbocycles. The Morgan fingerprint density at radius 2 is 1.58 bits per heavy atom. The van der Waals surface area contributed by atoms with Crippen molar-refractivity contribution in [3.63, 3.8) is 0 Å². The van der Waals surface area contributed by atoms with E-state index in [-0.39, 0.29) is 30.3 Å². The van der Waals surface area contributed by atoms with E-state index in [0.29, 0.717) is 44.7 Å². The second-order valence-electron chi connectivity index (χ2n) is 11.3. The van der Waals surface area contributed by atoms with Crippen LogP contribution in [0.3, 0.4) is 0 Å². The van der Waals surface area contributed by atoms with Crippen molar-refractivity contribution < 1.29 is 23.6 Å². The van der Waals surface area contributed by atoms with Crippen molar-refractivity contribution in [2.75, 3.05) is 76.3 Å². The fourth-order valence-electron chi connectivity index (χ4n) is 5.57. The van der Waals surface area contributed by atoms with E-state index < -0.39 is 11.7 Å². The van der Waals surface area contributed by atoms with Gasteiger partial charge in [0.15, 0.2) is 0 Å². The molecule has 11 heteroatoms. The summed E-state index contributed by atoms with van der Waals surface area (Å²) in [4.78, 5) is 58.2. The highest BCUT2D eigenvalue weighted by Gasteiger charge is 2.25. The molecule has 4 amide bonds. The van der Waals surface area contributed by atoms with Gasteiger partial charge in [-0.15, -0.1) is 0 Å². The van der Waals surface area contributed by atoms with Crippen LogP contribution in [0.2, 0.25) is 0 Å². The third-order valence-corrected chi connectivity index (χ3v) is 8.23. The molecule has 0 bridgehead atoms. The summed E-state index contributed by atoms with van der Waals surface area (Å²) in [5.74, 6) is -1.05. The van der Waals surface area contributed by atoms with Crippen molar-refractivity contribution >= 4 is 35.5 Å². The second kappa shape index (κ2) is 15.5. The number of anilines is 2. The number of likely N-dealkylation sites (tertiary alicyclic amines) is 1. The second-order valence-corrected chi connectivity index (χ2v) is 11.3. The van der Waals surface area contributed by atoms with Crippen LogP contribution in [0.1, 0.15) is 48.0 Å². The van der Waals surface area contributed by atoms with E-state index in [9.17, 15) is 23.6 Å². The standard InChI is InChI=1S/C32H43FN6O4/c1-34-30(41)12-17-39(24-40)27-10-11-29(33)28(22-27)32(43)38-20-18-36(19-21-38)26-8-6-25(7-9-26)23-35(2)16-13-31(42)37-14-4-3-5-15-37/h6-11,22,24H,3-5,12-21,23H2,1-2H3,(H,34,41). The van der Waals surface area contributed by atoms with Gasteiger partial charge in [-0.2, -0.15) is 0 Å². The topological polar surface area (TPSA) is 96.5 Å². The van der Waals surface area contributed by atoms with E-state index >= 15 is 0 Å². The molecule has 0 aromatic heterocycles. The molecule has 2 heterocycles. The Morgan fingerprint density at radius 3 is 2.23 bits per heavy atom. The molecule has 0 unspecified atom stereocenters. The molecule has 2 aliphatic heterocycles. The highest BCUT2D eigenvalue weighted by atomic mass is 19.1. The normalized spacial score (nSPS) is 15.4. The van der Waals surface area contributed by atoms with Crippen molar-refractivity contribution in [3.05, 3.63) is 59.4 Å². The van der Waals surface area contributed by atoms with E-state index in [2.05, 4.69) is 39.4 Å². The van der Waals surface area contributed by atoms with E-state index in [1.54, 1.807) is 4.90 Å². The third kappa shape index (κ3) is 8.76. The largest absolute Gasteiger partial charge is 0.368 e. The minimum absolute atomic E-state index is 0.0927. The van der Waals surface area contributed by atoms with Gasteiger partial charge in [-0.3, -0.25) is 19.2 Å². The number of benzene rings is 2. The molecule has 2 aromatic rings. The highest BCUT2D eigenvalue weighted by Crippen LogP contribution is 2.23. The summed E-state index contributed by atoms with van der Waals surface area (Å²) < 4.78 is 14.7.